The minimum atomic E-state index is -0.170. The number of benzene rings is 3. The van der Waals surface area contributed by atoms with Crippen LogP contribution in [0.1, 0.15) is 11.1 Å². The van der Waals surface area contributed by atoms with E-state index in [1.165, 1.54) is 0 Å². The van der Waals surface area contributed by atoms with Crippen molar-refractivity contribution in [2.75, 3.05) is 11.9 Å². The number of hydrogen-bond acceptors (Lipinski definition) is 2. The summed E-state index contributed by atoms with van der Waals surface area (Å²) in [7, 11) is 0. The lowest BCUT2D eigenvalue weighted by atomic mass is 10.1. The average molecular weight is 384 g/mol. The van der Waals surface area contributed by atoms with E-state index in [4.69, 9.17) is 4.74 Å². The second-order valence-electron chi connectivity index (χ2n) is 5.76. The molecule has 0 unspecified atom stereocenters. The molecule has 3 rings (SSSR count). The third-order valence-electron chi connectivity index (χ3n) is 3.85. The van der Waals surface area contributed by atoms with Gasteiger partial charge in [0.2, 0.25) is 0 Å². The molecule has 0 aromatic heterocycles. The van der Waals surface area contributed by atoms with Crippen molar-refractivity contribution in [1.29, 1.82) is 0 Å². The topological polar surface area (TPSA) is 38.3 Å². The summed E-state index contributed by atoms with van der Waals surface area (Å²) in [6.45, 7) is 3.92. The first-order chi connectivity index (χ1) is 11.5. The molecule has 122 valence electrons. The van der Waals surface area contributed by atoms with Gasteiger partial charge in [-0.3, -0.25) is 4.79 Å². The van der Waals surface area contributed by atoms with E-state index in [0.29, 0.717) is 5.75 Å². The van der Waals surface area contributed by atoms with Crippen LogP contribution in [0, 0.1) is 13.8 Å². The fourth-order valence-electron chi connectivity index (χ4n) is 2.69. The number of nitrogens with one attached hydrogen (secondary N) is 1. The first kappa shape index (κ1) is 16.5. The Hall–Kier alpha value is -2.33. The Morgan fingerprint density at radius 2 is 1.67 bits per heavy atom. The number of carbonyl (C=O) groups excluding carboxylic acids is 1. The van der Waals surface area contributed by atoms with Crippen molar-refractivity contribution in [3.8, 4) is 5.75 Å². The monoisotopic (exact) mass is 383 g/mol. The van der Waals surface area contributed by atoms with Crippen LogP contribution in [0.5, 0.6) is 5.75 Å². The van der Waals surface area contributed by atoms with Crippen molar-refractivity contribution in [1.82, 2.24) is 0 Å². The van der Waals surface area contributed by atoms with E-state index in [0.717, 1.165) is 32.1 Å². The Morgan fingerprint density at radius 3 is 2.38 bits per heavy atom. The van der Waals surface area contributed by atoms with Crippen LogP contribution in [0.25, 0.3) is 10.8 Å². The van der Waals surface area contributed by atoms with Gasteiger partial charge in [-0.15, -0.1) is 0 Å². The second kappa shape index (κ2) is 7.05. The Bertz CT molecular complexity index is 882. The van der Waals surface area contributed by atoms with E-state index in [9.17, 15) is 4.79 Å². The molecule has 0 atom stereocenters. The first-order valence-corrected chi connectivity index (χ1v) is 8.50. The number of ether oxygens (including phenoxy) is 1. The van der Waals surface area contributed by atoms with Crippen molar-refractivity contribution in [3.05, 3.63) is 70.2 Å². The highest BCUT2D eigenvalue weighted by molar-refractivity contribution is 9.10. The van der Waals surface area contributed by atoms with Crippen LogP contribution >= 0.6 is 15.9 Å². The van der Waals surface area contributed by atoms with Crippen molar-refractivity contribution >= 4 is 38.3 Å². The molecule has 4 heteroatoms. The van der Waals surface area contributed by atoms with Gasteiger partial charge in [-0.25, -0.2) is 0 Å². The lowest BCUT2D eigenvalue weighted by molar-refractivity contribution is -0.118. The van der Waals surface area contributed by atoms with Gasteiger partial charge in [0.1, 0.15) is 5.75 Å². The predicted octanol–water partition coefficient (Wildman–Crippen LogP) is 5.24. The molecule has 0 aliphatic carbocycles. The van der Waals surface area contributed by atoms with Crippen molar-refractivity contribution in [2.45, 2.75) is 13.8 Å². The molecule has 0 aliphatic heterocycles. The molecule has 0 saturated carbocycles. The normalized spacial score (nSPS) is 10.6. The highest BCUT2D eigenvalue weighted by atomic mass is 79.9. The van der Waals surface area contributed by atoms with E-state index in [-0.39, 0.29) is 12.5 Å². The molecule has 0 fully saturated rings. The largest absolute Gasteiger partial charge is 0.484 e. The van der Waals surface area contributed by atoms with Gasteiger partial charge in [0.05, 0.1) is 0 Å². The molecule has 0 saturated heterocycles. The fourth-order valence-corrected chi connectivity index (χ4v) is 3.38. The van der Waals surface area contributed by atoms with Crippen molar-refractivity contribution in [3.63, 3.8) is 0 Å². The summed E-state index contributed by atoms with van der Waals surface area (Å²) in [4.78, 5) is 12.2. The van der Waals surface area contributed by atoms with Gasteiger partial charge < -0.3 is 10.1 Å². The van der Waals surface area contributed by atoms with Crippen LogP contribution in [-0.4, -0.2) is 12.5 Å². The third kappa shape index (κ3) is 3.77. The minimum absolute atomic E-state index is 0.0206. The molecular formula is C20H18BrNO2. The molecule has 0 spiro atoms. The van der Waals surface area contributed by atoms with Gasteiger partial charge in [-0.05, 0) is 60.0 Å². The molecule has 3 aromatic rings. The molecule has 24 heavy (non-hydrogen) atoms. The van der Waals surface area contributed by atoms with E-state index in [1.807, 2.05) is 68.4 Å². The van der Waals surface area contributed by atoms with Crippen LogP contribution in [0.15, 0.2) is 59.1 Å². The van der Waals surface area contributed by atoms with Crippen LogP contribution in [0.2, 0.25) is 0 Å². The maximum Gasteiger partial charge on any atom is 0.262 e. The second-order valence-corrected chi connectivity index (χ2v) is 6.68. The molecule has 1 amide bonds. The number of fused-ring (bicyclic) bond motifs is 1. The highest BCUT2D eigenvalue weighted by Crippen LogP contribution is 2.25. The lowest BCUT2D eigenvalue weighted by Crippen LogP contribution is -2.21. The summed E-state index contributed by atoms with van der Waals surface area (Å²) >= 11 is 3.46. The smallest absolute Gasteiger partial charge is 0.262 e. The summed E-state index contributed by atoms with van der Waals surface area (Å²) in [5.41, 5.74) is 2.87. The average Bonchev–Trinajstić information content (AvgIpc) is 2.56. The Morgan fingerprint density at radius 1 is 1.00 bits per heavy atom. The number of hydrogen-bond donors (Lipinski definition) is 1. The van der Waals surface area contributed by atoms with Crippen LogP contribution in [0.3, 0.4) is 0 Å². The van der Waals surface area contributed by atoms with Crippen molar-refractivity contribution in [2.24, 2.45) is 0 Å². The Balaban J connectivity index is 1.67. The summed E-state index contributed by atoms with van der Waals surface area (Å²) < 4.78 is 6.63. The SMILES string of the molecule is Cc1cc(Br)cc(C)c1NC(=O)COc1ccc2ccccc2c1. The standard InChI is InChI=1S/C20H18BrNO2/c1-13-9-17(21)10-14(2)20(13)22-19(23)12-24-18-8-7-15-5-3-4-6-16(15)11-18/h3-11H,12H2,1-2H3,(H,22,23). The van der Waals surface area contributed by atoms with E-state index < -0.39 is 0 Å². The quantitative estimate of drug-likeness (QED) is 0.668. The van der Waals surface area contributed by atoms with Crippen LogP contribution in [0.4, 0.5) is 5.69 Å². The molecule has 0 aliphatic rings. The molecule has 0 radical (unpaired) electrons. The Kier molecular flexibility index (Phi) is 4.86. The summed E-state index contributed by atoms with van der Waals surface area (Å²) in [6.07, 6.45) is 0. The first-order valence-electron chi connectivity index (χ1n) is 7.71. The fraction of sp³-hybridized carbons (Fsp3) is 0.150. The molecule has 3 aromatic carbocycles. The summed E-state index contributed by atoms with van der Waals surface area (Å²) in [5.74, 6) is 0.518. The Labute approximate surface area is 149 Å². The summed E-state index contributed by atoms with van der Waals surface area (Å²) in [6, 6.07) is 17.8. The number of anilines is 1. The van der Waals surface area contributed by atoms with E-state index in [2.05, 4.69) is 21.2 Å². The molecular weight excluding hydrogens is 366 g/mol. The van der Waals surface area contributed by atoms with Gasteiger partial charge in [0.25, 0.3) is 5.91 Å². The summed E-state index contributed by atoms with van der Waals surface area (Å²) in [5, 5.41) is 5.17. The third-order valence-corrected chi connectivity index (χ3v) is 4.31. The zero-order valence-electron chi connectivity index (χ0n) is 13.6. The van der Waals surface area contributed by atoms with E-state index >= 15 is 0 Å². The van der Waals surface area contributed by atoms with Gasteiger partial charge >= 0.3 is 0 Å². The maximum absolute atomic E-state index is 12.2. The molecule has 1 N–H and O–H groups in total. The lowest BCUT2D eigenvalue weighted by Gasteiger charge is -2.13. The zero-order valence-corrected chi connectivity index (χ0v) is 15.2. The van der Waals surface area contributed by atoms with Gasteiger partial charge in [-0.2, -0.15) is 0 Å². The van der Waals surface area contributed by atoms with Crippen LogP contribution in [-0.2, 0) is 4.79 Å². The minimum Gasteiger partial charge on any atom is -0.484 e. The van der Waals surface area contributed by atoms with Crippen LogP contribution < -0.4 is 10.1 Å². The number of carbonyl (C=O) groups is 1. The maximum atomic E-state index is 12.2. The van der Waals surface area contributed by atoms with Crippen molar-refractivity contribution < 1.29 is 9.53 Å². The molecule has 3 nitrogen and oxygen atoms in total. The number of amides is 1. The molecule has 0 heterocycles. The number of halogens is 1. The van der Waals surface area contributed by atoms with Gasteiger partial charge in [0, 0.05) is 10.2 Å². The number of rotatable bonds is 4. The zero-order chi connectivity index (χ0) is 17.1. The van der Waals surface area contributed by atoms with E-state index in [1.54, 1.807) is 0 Å². The predicted molar refractivity (Wildman–Crippen MR) is 102 cm³/mol. The number of aryl methyl sites for hydroxylation is 2. The van der Waals surface area contributed by atoms with Gasteiger partial charge in [-0.1, -0.05) is 46.3 Å². The highest BCUT2D eigenvalue weighted by Gasteiger charge is 2.09. The molecule has 0 bridgehead atoms. The van der Waals surface area contributed by atoms with Gasteiger partial charge in [0.15, 0.2) is 6.61 Å².